The minimum atomic E-state index is -0.465. The van der Waals surface area contributed by atoms with Crippen LogP contribution in [0.25, 0.3) is 0 Å². The van der Waals surface area contributed by atoms with Crippen LogP contribution < -0.4 is 5.32 Å². The maximum Gasteiger partial charge on any atom is 0.142 e. The quantitative estimate of drug-likeness (QED) is 0.833. The molecular formula is C13H12Cl2FNO. The Labute approximate surface area is 115 Å². The van der Waals surface area contributed by atoms with E-state index >= 15 is 0 Å². The average Bonchev–Trinajstić information content (AvgIpc) is 2.85. The molecule has 0 saturated heterocycles. The molecule has 0 aliphatic heterocycles. The third kappa shape index (κ3) is 2.86. The summed E-state index contributed by atoms with van der Waals surface area (Å²) >= 11 is 12.0. The zero-order chi connectivity index (χ0) is 13.1. The fraction of sp³-hybridized carbons (Fsp3) is 0.231. The van der Waals surface area contributed by atoms with E-state index in [1.165, 1.54) is 12.1 Å². The molecule has 2 aromatic rings. The van der Waals surface area contributed by atoms with E-state index in [0.29, 0.717) is 17.1 Å². The molecule has 1 aromatic heterocycles. The van der Waals surface area contributed by atoms with E-state index in [1.54, 1.807) is 12.5 Å². The van der Waals surface area contributed by atoms with Crippen LogP contribution in [-0.4, -0.2) is 0 Å². The van der Waals surface area contributed by atoms with E-state index in [-0.39, 0.29) is 11.1 Å². The number of furan rings is 1. The Morgan fingerprint density at radius 3 is 2.78 bits per heavy atom. The minimum absolute atomic E-state index is 0.0645. The van der Waals surface area contributed by atoms with Crippen molar-refractivity contribution in [3.8, 4) is 0 Å². The van der Waals surface area contributed by atoms with E-state index in [0.717, 1.165) is 5.56 Å². The van der Waals surface area contributed by atoms with Gasteiger partial charge in [0, 0.05) is 28.7 Å². The molecule has 0 amide bonds. The molecule has 5 heteroatoms. The van der Waals surface area contributed by atoms with E-state index < -0.39 is 5.82 Å². The van der Waals surface area contributed by atoms with Crippen molar-refractivity contribution in [2.75, 3.05) is 0 Å². The lowest BCUT2D eigenvalue weighted by atomic mass is 10.1. The molecule has 2 nitrogen and oxygen atoms in total. The molecule has 0 spiro atoms. The van der Waals surface area contributed by atoms with E-state index in [2.05, 4.69) is 5.32 Å². The van der Waals surface area contributed by atoms with E-state index in [1.807, 2.05) is 13.0 Å². The Bertz CT molecular complexity index is 528. The maximum absolute atomic E-state index is 13.4. The van der Waals surface area contributed by atoms with Crippen molar-refractivity contribution >= 4 is 23.2 Å². The van der Waals surface area contributed by atoms with Gasteiger partial charge in [-0.2, -0.15) is 0 Å². The standard InChI is InChI=1S/C13H12Cl2FNO/c1-8(17-6-9-4-5-18-7-9)12-10(14)2-3-11(16)13(12)15/h2-5,7-8,17H,6H2,1H3. The number of nitrogens with one attached hydrogen (secondary N) is 1. The fourth-order valence-corrected chi connectivity index (χ4v) is 2.40. The Balaban J connectivity index is 2.13. The predicted molar refractivity (Wildman–Crippen MR) is 70.4 cm³/mol. The van der Waals surface area contributed by atoms with Crippen LogP contribution in [0.1, 0.15) is 24.1 Å². The van der Waals surface area contributed by atoms with E-state index in [4.69, 9.17) is 27.6 Å². The first-order valence-corrected chi connectivity index (χ1v) is 6.23. The molecule has 1 heterocycles. The summed E-state index contributed by atoms with van der Waals surface area (Å²) in [5.74, 6) is -0.465. The van der Waals surface area contributed by atoms with Gasteiger partial charge in [0.2, 0.25) is 0 Å². The molecule has 0 radical (unpaired) electrons. The summed E-state index contributed by atoms with van der Waals surface area (Å²) in [6.45, 7) is 2.48. The molecule has 0 aliphatic carbocycles. The second kappa shape index (κ2) is 5.74. The topological polar surface area (TPSA) is 25.2 Å². The Morgan fingerprint density at radius 2 is 2.11 bits per heavy atom. The van der Waals surface area contributed by atoms with Crippen LogP contribution in [-0.2, 0) is 6.54 Å². The second-order valence-electron chi connectivity index (χ2n) is 3.99. The summed E-state index contributed by atoms with van der Waals surface area (Å²) in [5, 5.41) is 3.73. The van der Waals surface area contributed by atoms with Gasteiger partial charge in [0.05, 0.1) is 17.5 Å². The largest absolute Gasteiger partial charge is 0.472 e. The van der Waals surface area contributed by atoms with Crippen LogP contribution in [0.3, 0.4) is 0 Å². The summed E-state index contributed by atoms with van der Waals surface area (Å²) in [6, 6.07) is 4.47. The lowest BCUT2D eigenvalue weighted by Gasteiger charge is -2.17. The van der Waals surface area contributed by atoms with Gasteiger partial charge >= 0.3 is 0 Å². The van der Waals surface area contributed by atoms with Gasteiger partial charge in [0.1, 0.15) is 5.82 Å². The van der Waals surface area contributed by atoms with Crippen molar-refractivity contribution in [3.63, 3.8) is 0 Å². The molecule has 1 aromatic carbocycles. The summed E-state index contributed by atoms with van der Waals surface area (Å²) < 4.78 is 18.4. The number of hydrogen-bond acceptors (Lipinski definition) is 2. The summed E-state index contributed by atoms with van der Waals surface area (Å²) in [5.41, 5.74) is 1.58. The molecule has 1 atom stereocenters. The van der Waals surface area contributed by atoms with Crippen LogP contribution in [0, 0.1) is 5.82 Å². The van der Waals surface area contributed by atoms with Crippen molar-refractivity contribution in [1.82, 2.24) is 5.32 Å². The van der Waals surface area contributed by atoms with Crippen LogP contribution in [0.4, 0.5) is 4.39 Å². The first kappa shape index (κ1) is 13.4. The van der Waals surface area contributed by atoms with Crippen molar-refractivity contribution < 1.29 is 8.81 Å². The van der Waals surface area contributed by atoms with Gasteiger partial charge in [-0.1, -0.05) is 23.2 Å². The van der Waals surface area contributed by atoms with Gasteiger partial charge in [-0.05, 0) is 25.1 Å². The van der Waals surface area contributed by atoms with Crippen molar-refractivity contribution in [1.29, 1.82) is 0 Å². The van der Waals surface area contributed by atoms with Crippen molar-refractivity contribution in [2.24, 2.45) is 0 Å². The highest BCUT2D eigenvalue weighted by Gasteiger charge is 2.16. The first-order valence-electron chi connectivity index (χ1n) is 5.47. The zero-order valence-electron chi connectivity index (χ0n) is 9.71. The number of benzene rings is 1. The minimum Gasteiger partial charge on any atom is -0.472 e. The van der Waals surface area contributed by atoms with Gasteiger partial charge in [0.25, 0.3) is 0 Å². The number of halogens is 3. The molecule has 0 bridgehead atoms. The van der Waals surface area contributed by atoms with Crippen LogP contribution in [0.5, 0.6) is 0 Å². The Kier molecular flexibility index (Phi) is 4.27. The predicted octanol–water partition coefficient (Wildman–Crippen LogP) is 4.58. The van der Waals surface area contributed by atoms with Crippen molar-refractivity contribution in [3.05, 3.63) is 57.7 Å². The SMILES string of the molecule is CC(NCc1ccoc1)c1c(Cl)ccc(F)c1Cl. The van der Waals surface area contributed by atoms with E-state index in [9.17, 15) is 4.39 Å². The fourth-order valence-electron chi connectivity index (χ4n) is 1.71. The molecule has 96 valence electrons. The van der Waals surface area contributed by atoms with Gasteiger partial charge in [0.15, 0.2) is 0 Å². The maximum atomic E-state index is 13.4. The van der Waals surface area contributed by atoms with Gasteiger partial charge in [-0.25, -0.2) is 4.39 Å². The van der Waals surface area contributed by atoms with Gasteiger partial charge in [-0.15, -0.1) is 0 Å². The lowest BCUT2D eigenvalue weighted by Crippen LogP contribution is -2.18. The molecular weight excluding hydrogens is 276 g/mol. The smallest absolute Gasteiger partial charge is 0.142 e. The Morgan fingerprint density at radius 1 is 1.33 bits per heavy atom. The normalized spacial score (nSPS) is 12.7. The highest BCUT2D eigenvalue weighted by atomic mass is 35.5. The average molecular weight is 288 g/mol. The van der Waals surface area contributed by atoms with Crippen LogP contribution in [0.2, 0.25) is 10.0 Å². The van der Waals surface area contributed by atoms with Gasteiger partial charge in [-0.3, -0.25) is 0 Å². The third-order valence-electron chi connectivity index (χ3n) is 2.70. The lowest BCUT2D eigenvalue weighted by molar-refractivity contribution is 0.544. The monoisotopic (exact) mass is 287 g/mol. The summed E-state index contributed by atoms with van der Waals surface area (Å²) in [6.07, 6.45) is 3.25. The molecule has 2 rings (SSSR count). The molecule has 0 aliphatic rings. The second-order valence-corrected chi connectivity index (χ2v) is 4.78. The summed E-state index contributed by atoms with van der Waals surface area (Å²) in [7, 11) is 0. The molecule has 18 heavy (non-hydrogen) atoms. The molecule has 0 fully saturated rings. The van der Waals surface area contributed by atoms with Crippen molar-refractivity contribution in [2.45, 2.75) is 19.5 Å². The summed E-state index contributed by atoms with van der Waals surface area (Å²) in [4.78, 5) is 0. The first-order chi connectivity index (χ1) is 8.59. The highest BCUT2D eigenvalue weighted by Crippen LogP contribution is 2.32. The molecule has 0 saturated carbocycles. The number of hydrogen-bond donors (Lipinski definition) is 1. The molecule has 1 unspecified atom stereocenters. The Hall–Kier alpha value is -1.03. The molecule has 1 N–H and O–H groups in total. The highest BCUT2D eigenvalue weighted by molar-refractivity contribution is 6.36. The van der Waals surface area contributed by atoms with Gasteiger partial charge < -0.3 is 9.73 Å². The zero-order valence-corrected chi connectivity index (χ0v) is 11.2. The van der Waals surface area contributed by atoms with Crippen LogP contribution in [0.15, 0.2) is 35.1 Å². The third-order valence-corrected chi connectivity index (χ3v) is 3.42. The number of rotatable bonds is 4. The van der Waals surface area contributed by atoms with Crippen LogP contribution >= 0.6 is 23.2 Å².